The van der Waals surface area contributed by atoms with Crippen LogP contribution < -0.4 is 10.5 Å². The van der Waals surface area contributed by atoms with Crippen LogP contribution in [0, 0.1) is 0 Å². The highest BCUT2D eigenvalue weighted by atomic mass is 79.9. The van der Waals surface area contributed by atoms with Gasteiger partial charge in [-0.05, 0) is 48.0 Å². The first kappa shape index (κ1) is 17.1. The molecule has 1 aromatic rings. The van der Waals surface area contributed by atoms with E-state index >= 15 is 0 Å². The summed E-state index contributed by atoms with van der Waals surface area (Å²) in [4.78, 5) is 11.8. The van der Waals surface area contributed by atoms with Crippen LogP contribution in [0.5, 0.6) is 0 Å². The van der Waals surface area contributed by atoms with Crippen molar-refractivity contribution in [1.29, 1.82) is 0 Å². The van der Waals surface area contributed by atoms with Crippen LogP contribution >= 0.6 is 15.9 Å². The van der Waals surface area contributed by atoms with E-state index in [1.165, 1.54) is 18.2 Å². The van der Waals surface area contributed by atoms with Crippen LogP contribution in [0.15, 0.2) is 27.6 Å². The Bertz CT molecular complexity index is 589. The van der Waals surface area contributed by atoms with Gasteiger partial charge in [0, 0.05) is 23.2 Å². The topological polar surface area (TPSA) is 98.5 Å². The number of hydrogen-bond donors (Lipinski definition) is 2. The average Bonchev–Trinajstić information content (AvgIpc) is 2.35. The Kier molecular flexibility index (Phi) is 6.12. The molecule has 0 saturated carbocycles. The lowest BCUT2D eigenvalue weighted by atomic mass is 10.2. The number of primary sulfonamides is 1. The average molecular weight is 365 g/mol. The SMILES string of the molecule is CCOC(C)CNC(=O)c1ccc(Br)c(S(N)(=O)=O)c1. The first-order valence-electron chi connectivity index (χ1n) is 5.97. The van der Waals surface area contributed by atoms with Gasteiger partial charge in [0.2, 0.25) is 10.0 Å². The molecule has 1 amide bonds. The molecule has 8 heteroatoms. The summed E-state index contributed by atoms with van der Waals surface area (Å²) in [7, 11) is -3.88. The van der Waals surface area contributed by atoms with E-state index in [-0.39, 0.29) is 22.5 Å². The van der Waals surface area contributed by atoms with Gasteiger partial charge in [-0.2, -0.15) is 0 Å². The minimum atomic E-state index is -3.88. The maximum Gasteiger partial charge on any atom is 0.251 e. The Morgan fingerprint density at radius 3 is 2.70 bits per heavy atom. The van der Waals surface area contributed by atoms with E-state index in [1.54, 1.807) is 0 Å². The minimum absolute atomic E-state index is 0.114. The third kappa shape index (κ3) is 4.86. The van der Waals surface area contributed by atoms with Crippen molar-refractivity contribution in [2.45, 2.75) is 24.8 Å². The van der Waals surface area contributed by atoms with Crippen molar-refractivity contribution in [2.24, 2.45) is 5.14 Å². The number of halogens is 1. The fourth-order valence-electron chi connectivity index (χ4n) is 1.54. The molecular formula is C12H17BrN2O4S. The molecule has 1 unspecified atom stereocenters. The van der Waals surface area contributed by atoms with Crippen molar-refractivity contribution in [1.82, 2.24) is 5.32 Å². The Labute approximate surface area is 126 Å². The van der Waals surface area contributed by atoms with E-state index < -0.39 is 10.0 Å². The monoisotopic (exact) mass is 364 g/mol. The number of amides is 1. The highest BCUT2D eigenvalue weighted by Gasteiger charge is 2.16. The summed E-state index contributed by atoms with van der Waals surface area (Å²) in [6, 6.07) is 4.22. The number of rotatable bonds is 6. The van der Waals surface area contributed by atoms with Crippen LogP contribution in [0.1, 0.15) is 24.2 Å². The molecule has 112 valence electrons. The first-order chi connectivity index (χ1) is 9.25. The summed E-state index contributed by atoms with van der Waals surface area (Å²) in [6.07, 6.45) is -0.114. The molecule has 1 rings (SSSR count). The predicted octanol–water partition coefficient (Wildman–Crippen LogP) is 1.25. The molecule has 0 aliphatic carbocycles. The number of benzene rings is 1. The van der Waals surface area contributed by atoms with Crippen LogP contribution in [0.4, 0.5) is 0 Å². The summed E-state index contributed by atoms with van der Waals surface area (Å²) in [5, 5.41) is 7.75. The Morgan fingerprint density at radius 2 is 2.15 bits per heavy atom. The Morgan fingerprint density at radius 1 is 1.50 bits per heavy atom. The van der Waals surface area contributed by atoms with Crippen LogP contribution in [0.3, 0.4) is 0 Å². The van der Waals surface area contributed by atoms with Gasteiger partial charge in [-0.1, -0.05) is 0 Å². The second kappa shape index (κ2) is 7.16. The highest BCUT2D eigenvalue weighted by Crippen LogP contribution is 2.22. The predicted molar refractivity (Wildman–Crippen MR) is 78.9 cm³/mol. The first-order valence-corrected chi connectivity index (χ1v) is 8.31. The van der Waals surface area contributed by atoms with Gasteiger partial charge in [0.15, 0.2) is 0 Å². The van der Waals surface area contributed by atoms with Gasteiger partial charge >= 0.3 is 0 Å². The molecule has 3 N–H and O–H groups in total. The van der Waals surface area contributed by atoms with Gasteiger partial charge in [-0.15, -0.1) is 0 Å². The highest BCUT2D eigenvalue weighted by molar-refractivity contribution is 9.10. The molecule has 0 radical (unpaired) electrons. The number of sulfonamides is 1. The van der Waals surface area contributed by atoms with Crippen molar-refractivity contribution in [2.75, 3.05) is 13.2 Å². The van der Waals surface area contributed by atoms with E-state index in [4.69, 9.17) is 9.88 Å². The molecule has 0 spiro atoms. The molecule has 0 aliphatic heterocycles. The van der Waals surface area contributed by atoms with Crippen molar-refractivity contribution < 1.29 is 17.9 Å². The largest absolute Gasteiger partial charge is 0.377 e. The summed E-state index contributed by atoms with van der Waals surface area (Å²) >= 11 is 3.09. The van der Waals surface area contributed by atoms with Gasteiger partial charge in [0.05, 0.1) is 11.0 Å². The zero-order valence-electron chi connectivity index (χ0n) is 11.2. The van der Waals surface area contributed by atoms with E-state index in [1.807, 2.05) is 13.8 Å². The third-order valence-electron chi connectivity index (χ3n) is 2.50. The van der Waals surface area contributed by atoms with Gasteiger partial charge in [-0.25, -0.2) is 13.6 Å². The molecule has 0 aromatic heterocycles. The van der Waals surface area contributed by atoms with Gasteiger partial charge in [-0.3, -0.25) is 4.79 Å². The molecular weight excluding hydrogens is 348 g/mol. The Balaban J connectivity index is 2.85. The maximum absolute atomic E-state index is 11.9. The molecule has 0 fully saturated rings. The number of carbonyl (C=O) groups excluding carboxylic acids is 1. The lowest BCUT2D eigenvalue weighted by Gasteiger charge is -2.13. The molecule has 6 nitrogen and oxygen atoms in total. The van der Waals surface area contributed by atoms with E-state index in [2.05, 4.69) is 21.2 Å². The smallest absolute Gasteiger partial charge is 0.251 e. The summed E-state index contributed by atoms with van der Waals surface area (Å²) in [6.45, 7) is 4.60. The van der Waals surface area contributed by atoms with Crippen molar-refractivity contribution in [3.8, 4) is 0 Å². The molecule has 0 bridgehead atoms. The van der Waals surface area contributed by atoms with Gasteiger partial charge < -0.3 is 10.1 Å². The zero-order chi connectivity index (χ0) is 15.3. The maximum atomic E-state index is 11.9. The van der Waals surface area contributed by atoms with E-state index in [0.717, 1.165) is 0 Å². The lowest BCUT2D eigenvalue weighted by molar-refractivity contribution is 0.0695. The van der Waals surface area contributed by atoms with Crippen molar-refractivity contribution >= 4 is 31.9 Å². The second-order valence-electron chi connectivity index (χ2n) is 4.17. The number of hydrogen-bond acceptors (Lipinski definition) is 4. The Hall–Kier alpha value is -0.960. The summed E-state index contributed by atoms with van der Waals surface area (Å²) < 4.78 is 28.4. The molecule has 1 aromatic carbocycles. The molecule has 0 saturated heterocycles. The van der Waals surface area contributed by atoms with E-state index in [0.29, 0.717) is 17.6 Å². The lowest BCUT2D eigenvalue weighted by Crippen LogP contribution is -2.32. The fraction of sp³-hybridized carbons (Fsp3) is 0.417. The van der Waals surface area contributed by atoms with Crippen molar-refractivity contribution in [3.05, 3.63) is 28.2 Å². The standard InChI is InChI=1S/C12H17BrN2O4S/c1-3-19-8(2)7-15-12(16)9-4-5-10(13)11(6-9)20(14,17)18/h4-6,8H,3,7H2,1-2H3,(H,15,16)(H2,14,17,18). The van der Waals surface area contributed by atoms with Crippen LogP contribution in [0.25, 0.3) is 0 Å². The summed E-state index contributed by atoms with van der Waals surface area (Å²) in [5.41, 5.74) is 0.223. The van der Waals surface area contributed by atoms with Crippen molar-refractivity contribution in [3.63, 3.8) is 0 Å². The molecule has 20 heavy (non-hydrogen) atoms. The number of carbonyl (C=O) groups is 1. The number of nitrogens with one attached hydrogen (secondary N) is 1. The minimum Gasteiger partial charge on any atom is -0.377 e. The number of ether oxygens (including phenoxy) is 1. The second-order valence-corrected chi connectivity index (χ2v) is 6.55. The van der Waals surface area contributed by atoms with Gasteiger partial charge in [0.25, 0.3) is 5.91 Å². The normalized spacial score (nSPS) is 13.0. The van der Waals surface area contributed by atoms with Gasteiger partial charge in [0.1, 0.15) is 0 Å². The quantitative estimate of drug-likeness (QED) is 0.793. The van der Waals surface area contributed by atoms with E-state index in [9.17, 15) is 13.2 Å². The molecule has 1 atom stereocenters. The van der Waals surface area contributed by atoms with Crippen LogP contribution in [-0.2, 0) is 14.8 Å². The summed E-state index contributed by atoms with van der Waals surface area (Å²) in [5.74, 6) is -0.381. The van der Waals surface area contributed by atoms with Crippen LogP contribution in [0.2, 0.25) is 0 Å². The third-order valence-corrected chi connectivity index (χ3v) is 4.41. The fourth-order valence-corrected chi connectivity index (χ4v) is 3.10. The van der Waals surface area contributed by atoms with Crippen LogP contribution in [-0.4, -0.2) is 33.6 Å². The molecule has 0 aliphatic rings. The number of nitrogens with two attached hydrogens (primary N) is 1. The molecule has 0 heterocycles. The zero-order valence-corrected chi connectivity index (χ0v) is 13.6.